The van der Waals surface area contributed by atoms with Crippen molar-refractivity contribution in [1.29, 1.82) is 0 Å². The Morgan fingerprint density at radius 3 is 2.45 bits per heavy atom. The van der Waals surface area contributed by atoms with Gasteiger partial charge in [0.1, 0.15) is 12.4 Å². The molecular weight excluding hydrogens is 814 g/mol. The third kappa shape index (κ3) is 7.29. The lowest BCUT2D eigenvalue weighted by atomic mass is 9.95. The van der Waals surface area contributed by atoms with Gasteiger partial charge in [0.2, 0.25) is 0 Å². The van der Waals surface area contributed by atoms with E-state index in [-0.39, 0.29) is 31.0 Å². The average molecular weight is 842 g/mol. The van der Waals surface area contributed by atoms with Crippen LogP contribution >= 0.6 is 56.5 Å². The number of esters is 2. The fraction of sp³-hybridized carbons (Fsp3) is 0.290. The van der Waals surface area contributed by atoms with Gasteiger partial charge in [0.05, 0.1) is 49.3 Å². The van der Waals surface area contributed by atoms with Crippen LogP contribution in [0.15, 0.2) is 51.4 Å². The Bertz CT molecular complexity index is 1830. The minimum Gasteiger partial charge on any atom is -0.490 e. The summed E-state index contributed by atoms with van der Waals surface area (Å²) in [6, 6.07) is 7.98. The molecule has 13 heteroatoms. The van der Waals surface area contributed by atoms with Gasteiger partial charge >= 0.3 is 11.9 Å². The Balaban J connectivity index is 1.88. The molecule has 1 aromatic heterocycles. The molecule has 44 heavy (non-hydrogen) atoms. The molecule has 0 spiro atoms. The molecule has 10 nitrogen and oxygen atoms in total. The Morgan fingerprint density at radius 2 is 1.82 bits per heavy atom. The number of terminal acetylenes is 1. The van der Waals surface area contributed by atoms with E-state index in [4.69, 9.17) is 25.4 Å². The fourth-order valence-corrected chi connectivity index (χ4v) is 7.63. The van der Waals surface area contributed by atoms with Crippen LogP contribution in [0.2, 0.25) is 0 Å². The van der Waals surface area contributed by atoms with Crippen molar-refractivity contribution in [2.75, 3.05) is 33.5 Å². The quantitative estimate of drug-likeness (QED) is 0.162. The fourth-order valence-electron chi connectivity index (χ4n) is 4.45. The summed E-state index contributed by atoms with van der Waals surface area (Å²) in [6.07, 6.45) is 7.14. The zero-order valence-corrected chi connectivity index (χ0v) is 29.4. The number of hydrogen-bond acceptors (Lipinski definition) is 10. The number of halogens is 2. The van der Waals surface area contributed by atoms with Gasteiger partial charge in [-0.1, -0.05) is 23.3 Å². The highest BCUT2D eigenvalue weighted by molar-refractivity contribution is 14.1. The third-order valence-electron chi connectivity index (χ3n) is 6.29. The number of hydrogen-bond donors (Lipinski definition) is 0. The van der Waals surface area contributed by atoms with Crippen LogP contribution in [0.25, 0.3) is 6.08 Å². The molecule has 0 N–H and O–H groups in total. The van der Waals surface area contributed by atoms with Gasteiger partial charge < -0.3 is 23.7 Å². The first-order chi connectivity index (χ1) is 21.1. The lowest BCUT2D eigenvalue weighted by Crippen LogP contribution is -2.40. The normalized spacial score (nSPS) is 14.3. The maximum absolute atomic E-state index is 14.1. The predicted molar refractivity (Wildman–Crippen MR) is 182 cm³/mol. The smallest absolute Gasteiger partial charge is 0.343 e. The van der Waals surface area contributed by atoms with Gasteiger partial charge in [-0.25, -0.2) is 14.6 Å². The van der Waals surface area contributed by atoms with Gasteiger partial charge in [0.25, 0.3) is 5.56 Å². The van der Waals surface area contributed by atoms with E-state index in [0.29, 0.717) is 44.4 Å². The number of allylic oxidation sites excluding steroid dienone is 1. The number of rotatable bonds is 11. The highest BCUT2D eigenvalue weighted by Crippen LogP contribution is 2.36. The summed E-state index contributed by atoms with van der Waals surface area (Å²) in [6.45, 7) is 5.53. The highest BCUT2D eigenvalue weighted by atomic mass is 127. The van der Waals surface area contributed by atoms with E-state index >= 15 is 0 Å². The Kier molecular flexibility index (Phi) is 11.5. The summed E-state index contributed by atoms with van der Waals surface area (Å²) < 4.78 is 30.8. The predicted octanol–water partition coefficient (Wildman–Crippen LogP) is 3.97. The van der Waals surface area contributed by atoms with Crippen molar-refractivity contribution in [3.05, 3.63) is 79.6 Å². The first-order valence-corrected chi connectivity index (χ1v) is 16.3. The number of methoxy groups -OCH3 is 1. The second kappa shape index (κ2) is 15.1. The number of nitrogens with zero attached hydrogens (tertiary/aromatic N) is 2. The van der Waals surface area contributed by atoms with E-state index in [1.54, 1.807) is 38.1 Å². The number of fused-ring (bicyclic) bond motifs is 1. The zero-order valence-electron chi connectivity index (χ0n) is 24.3. The highest BCUT2D eigenvalue weighted by Gasteiger charge is 2.34. The molecule has 1 atom stereocenters. The van der Waals surface area contributed by atoms with Crippen LogP contribution in [0.3, 0.4) is 0 Å². The molecule has 230 valence electrons. The standard InChI is InChI=1S/C31H28I2N2O8S/c1-6-11-42-28-20(32)12-18(13-21(28)33)14-24-29(37)35-27(26(30(38)41-8-3)17(4)34-31(35)44-24)19-9-10-22(23(15-19)40-7-2)43-16-25(36)39-5/h1,9-10,12-15,27H,7-8,11,16H2,2-5H3/b24-14-/t27-/m0/s1. The molecular formula is C31H28I2N2O8S. The molecule has 0 unspecified atom stereocenters. The van der Waals surface area contributed by atoms with Crippen molar-refractivity contribution in [2.24, 2.45) is 4.99 Å². The lowest BCUT2D eigenvalue weighted by Gasteiger charge is -2.25. The van der Waals surface area contributed by atoms with Crippen LogP contribution in [0.5, 0.6) is 17.2 Å². The van der Waals surface area contributed by atoms with Crippen molar-refractivity contribution >= 4 is 74.5 Å². The Hall–Kier alpha value is -3.36. The van der Waals surface area contributed by atoms with Crippen molar-refractivity contribution in [3.63, 3.8) is 0 Å². The summed E-state index contributed by atoms with van der Waals surface area (Å²) in [5.74, 6) is 2.67. The summed E-state index contributed by atoms with van der Waals surface area (Å²) in [7, 11) is 1.27. The monoisotopic (exact) mass is 842 g/mol. The summed E-state index contributed by atoms with van der Waals surface area (Å²) >= 11 is 5.56. The van der Waals surface area contributed by atoms with Crippen molar-refractivity contribution < 1.29 is 33.3 Å². The molecule has 3 aromatic rings. The van der Waals surface area contributed by atoms with E-state index in [2.05, 4.69) is 60.8 Å². The molecule has 0 saturated carbocycles. The molecule has 0 radical (unpaired) electrons. The average Bonchev–Trinajstić information content (AvgIpc) is 3.29. The van der Waals surface area contributed by atoms with Gasteiger partial charge in [-0.05, 0) is 107 Å². The SMILES string of the molecule is C#CCOc1c(I)cc(/C=c2\sc3n(c2=O)[C@@H](c2ccc(OCC(=O)OC)c(OCC)c2)C(C(=O)OCC)=C(C)N=3)cc1I. The topological polar surface area (TPSA) is 115 Å². The molecule has 0 bridgehead atoms. The van der Waals surface area contributed by atoms with Crippen molar-refractivity contribution in [2.45, 2.75) is 26.8 Å². The van der Waals surface area contributed by atoms with Crippen LogP contribution in [0.4, 0.5) is 0 Å². The van der Waals surface area contributed by atoms with Gasteiger partial charge in [-0.2, -0.15) is 0 Å². The Morgan fingerprint density at radius 1 is 1.09 bits per heavy atom. The van der Waals surface area contributed by atoms with E-state index in [0.717, 1.165) is 12.7 Å². The van der Waals surface area contributed by atoms with Crippen LogP contribution in [0.1, 0.15) is 37.9 Å². The number of carbonyl (C=O) groups is 2. The zero-order chi connectivity index (χ0) is 32.0. The molecule has 1 aliphatic heterocycles. The molecule has 0 fully saturated rings. The Labute approximate surface area is 285 Å². The van der Waals surface area contributed by atoms with Crippen molar-refractivity contribution in [1.82, 2.24) is 4.57 Å². The minimum atomic E-state index is -0.860. The number of thiazole rings is 1. The van der Waals surface area contributed by atoms with Crippen LogP contribution in [0, 0.1) is 19.5 Å². The van der Waals surface area contributed by atoms with Crippen LogP contribution < -0.4 is 29.1 Å². The molecule has 2 aromatic carbocycles. The molecule has 4 rings (SSSR count). The van der Waals surface area contributed by atoms with Crippen LogP contribution in [-0.2, 0) is 19.1 Å². The number of aromatic nitrogens is 1. The maximum Gasteiger partial charge on any atom is 0.343 e. The maximum atomic E-state index is 14.1. The van der Waals surface area contributed by atoms with E-state index in [9.17, 15) is 14.4 Å². The first-order valence-electron chi connectivity index (χ1n) is 13.3. The summed E-state index contributed by atoms with van der Waals surface area (Å²) in [5.41, 5.74) is 1.71. The molecule has 0 saturated heterocycles. The van der Waals surface area contributed by atoms with E-state index < -0.39 is 18.0 Å². The van der Waals surface area contributed by atoms with Gasteiger partial charge in [0, 0.05) is 0 Å². The molecule has 1 aliphatic rings. The van der Waals surface area contributed by atoms with Crippen molar-refractivity contribution in [3.8, 4) is 29.6 Å². The number of ether oxygens (including phenoxy) is 5. The second-order valence-electron chi connectivity index (χ2n) is 9.11. The van der Waals surface area contributed by atoms with E-state index in [1.165, 1.54) is 23.0 Å². The largest absolute Gasteiger partial charge is 0.490 e. The van der Waals surface area contributed by atoms with Gasteiger partial charge in [0.15, 0.2) is 22.9 Å². The summed E-state index contributed by atoms with van der Waals surface area (Å²) in [4.78, 5) is 44.1. The third-order valence-corrected chi connectivity index (χ3v) is 8.88. The summed E-state index contributed by atoms with van der Waals surface area (Å²) in [5, 5.41) is 0. The first kappa shape index (κ1) is 33.5. The molecule has 0 aliphatic carbocycles. The molecule has 2 heterocycles. The minimum absolute atomic E-state index is 0.148. The lowest BCUT2D eigenvalue weighted by molar-refractivity contribution is -0.143. The number of carbonyl (C=O) groups excluding carboxylic acids is 2. The second-order valence-corrected chi connectivity index (χ2v) is 12.4. The number of benzene rings is 2. The van der Waals surface area contributed by atoms with Crippen LogP contribution in [-0.4, -0.2) is 50.0 Å². The van der Waals surface area contributed by atoms with E-state index in [1.807, 2.05) is 19.1 Å². The van der Waals surface area contributed by atoms with Gasteiger partial charge in [-0.3, -0.25) is 9.36 Å². The molecule has 0 amide bonds. The van der Waals surface area contributed by atoms with Gasteiger partial charge in [-0.15, -0.1) is 6.42 Å².